The highest BCUT2D eigenvalue weighted by atomic mass is 16.5. The van der Waals surface area contributed by atoms with E-state index in [-0.39, 0.29) is 0 Å². The highest BCUT2D eigenvalue weighted by Crippen LogP contribution is 2.20. The summed E-state index contributed by atoms with van der Waals surface area (Å²) < 4.78 is 4.35. The molecule has 0 aromatic carbocycles. The van der Waals surface area contributed by atoms with E-state index in [9.17, 15) is 9.59 Å². The van der Waals surface area contributed by atoms with Gasteiger partial charge in [-0.1, -0.05) is 6.08 Å². The van der Waals surface area contributed by atoms with Crippen LogP contribution >= 0.6 is 0 Å². The van der Waals surface area contributed by atoms with Crippen molar-refractivity contribution < 1.29 is 19.4 Å². The summed E-state index contributed by atoms with van der Waals surface area (Å²) in [5, 5.41) is 8.71. The monoisotopic (exact) mass is 186 g/mol. The number of esters is 1. The number of carbonyl (C=O) groups is 2. The minimum Gasteiger partial charge on any atom is -0.481 e. The zero-order valence-corrected chi connectivity index (χ0v) is 8.03. The first-order valence-electron chi connectivity index (χ1n) is 3.88. The van der Waals surface area contributed by atoms with Crippen molar-refractivity contribution in [1.29, 1.82) is 0 Å². The maximum absolute atomic E-state index is 10.6. The molecule has 0 spiro atoms. The van der Waals surface area contributed by atoms with Crippen molar-refractivity contribution in [2.45, 2.75) is 20.3 Å². The molecule has 0 aromatic rings. The molecule has 0 atom stereocenters. The van der Waals surface area contributed by atoms with Crippen LogP contribution < -0.4 is 0 Å². The SMILES string of the molecule is COC(=O)/C=C/CC(C)(C)C(=O)O. The molecule has 0 heterocycles. The number of hydrogen-bond donors (Lipinski definition) is 1. The highest BCUT2D eigenvalue weighted by Gasteiger charge is 2.25. The van der Waals surface area contributed by atoms with Gasteiger partial charge in [0.2, 0.25) is 0 Å². The Morgan fingerprint density at radius 3 is 2.38 bits per heavy atom. The largest absolute Gasteiger partial charge is 0.481 e. The van der Waals surface area contributed by atoms with E-state index >= 15 is 0 Å². The number of methoxy groups -OCH3 is 1. The van der Waals surface area contributed by atoms with E-state index in [4.69, 9.17) is 5.11 Å². The Bertz CT molecular complexity index is 228. The molecule has 0 aromatic heterocycles. The number of carbonyl (C=O) groups excluding carboxylic acids is 1. The van der Waals surface area contributed by atoms with E-state index in [0.29, 0.717) is 6.42 Å². The second-order valence-corrected chi connectivity index (χ2v) is 3.32. The average Bonchev–Trinajstić information content (AvgIpc) is 2.03. The molecule has 13 heavy (non-hydrogen) atoms. The standard InChI is InChI=1S/C9H14O4/c1-9(2,8(11)12)6-4-5-7(10)13-3/h4-5H,6H2,1-3H3,(H,11,12)/b5-4+. The number of hydrogen-bond acceptors (Lipinski definition) is 3. The van der Waals surface area contributed by atoms with Crippen molar-refractivity contribution >= 4 is 11.9 Å². The second-order valence-electron chi connectivity index (χ2n) is 3.32. The third-order valence-corrected chi connectivity index (χ3v) is 1.66. The molecule has 0 saturated carbocycles. The Morgan fingerprint density at radius 1 is 1.46 bits per heavy atom. The molecule has 0 radical (unpaired) electrons. The molecular weight excluding hydrogens is 172 g/mol. The predicted molar refractivity (Wildman–Crippen MR) is 47.2 cm³/mol. The van der Waals surface area contributed by atoms with E-state index in [1.165, 1.54) is 19.3 Å². The second kappa shape index (κ2) is 4.64. The maximum Gasteiger partial charge on any atom is 0.330 e. The van der Waals surface area contributed by atoms with Crippen molar-refractivity contribution in [2.24, 2.45) is 5.41 Å². The zero-order chi connectivity index (χ0) is 10.5. The van der Waals surface area contributed by atoms with E-state index in [2.05, 4.69) is 4.74 Å². The number of rotatable bonds is 4. The summed E-state index contributed by atoms with van der Waals surface area (Å²) in [5.41, 5.74) is -0.843. The first-order chi connectivity index (χ1) is 5.90. The molecule has 0 fully saturated rings. The molecule has 0 amide bonds. The minimum absolute atomic E-state index is 0.303. The number of carboxylic acids is 1. The van der Waals surface area contributed by atoms with Gasteiger partial charge < -0.3 is 9.84 Å². The van der Waals surface area contributed by atoms with Crippen LogP contribution in [0.4, 0.5) is 0 Å². The molecule has 74 valence electrons. The van der Waals surface area contributed by atoms with Crippen molar-refractivity contribution in [3.8, 4) is 0 Å². The Labute approximate surface area is 77.2 Å². The lowest BCUT2D eigenvalue weighted by molar-refractivity contribution is -0.146. The van der Waals surface area contributed by atoms with Crippen molar-refractivity contribution in [3.63, 3.8) is 0 Å². The van der Waals surface area contributed by atoms with Gasteiger partial charge in [0.1, 0.15) is 0 Å². The molecule has 0 rings (SSSR count). The molecule has 0 bridgehead atoms. The summed E-state index contributed by atoms with van der Waals surface area (Å²) in [6.45, 7) is 3.19. The number of carboxylic acid groups (broad SMARTS) is 1. The smallest absolute Gasteiger partial charge is 0.330 e. The lowest BCUT2D eigenvalue weighted by atomic mass is 9.89. The molecule has 0 aliphatic carbocycles. The van der Waals surface area contributed by atoms with Crippen molar-refractivity contribution in [1.82, 2.24) is 0 Å². The van der Waals surface area contributed by atoms with Crippen molar-refractivity contribution in [2.75, 3.05) is 7.11 Å². The normalized spacial score (nSPS) is 11.6. The van der Waals surface area contributed by atoms with Crippen LogP contribution in [0.2, 0.25) is 0 Å². The van der Waals surface area contributed by atoms with E-state index in [1.54, 1.807) is 13.8 Å². The molecule has 0 aliphatic rings. The topological polar surface area (TPSA) is 63.6 Å². The van der Waals surface area contributed by atoms with Gasteiger partial charge in [0.05, 0.1) is 12.5 Å². The molecule has 0 saturated heterocycles. The van der Waals surface area contributed by atoms with E-state index in [0.717, 1.165) is 0 Å². The fraction of sp³-hybridized carbons (Fsp3) is 0.556. The summed E-state index contributed by atoms with van der Waals surface area (Å²) in [5.74, 6) is -1.36. The highest BCUT2D eigenvalue weighted by molar-refractivity contribution is 5.82. The summed E-state index contributed by atoms with van der Waals surface area (Å²) in [6, 6.07) is 0. The van der Waals surface area contributed by atoms with Gasteiger partial charge >= 0.3 is 11.9 Å². The predicted octanol–water partition coefficient (Wildman–Crippen LogP) is 1.22. The van der Waals surface area contributed by atoms with Gasteiger partial charge in [0, 0.05) is 6.08 Å². The lowest BCUT2D eigenvalue weighted by Crippen LogP contribution is -2.22. The summed E-state index contributed by atoms with van der Waals surface area (Å²) in [6.07, 6.45) is 3.03. The molecule has 0 unspecified atom stereocenters. The summed E-state index contributed by atoms with van der Waals surface area (Å²) in [4.78, 5) is 21.2. The fourth-order valence-electron chi connectivity index (χ4n) is 0.605. The van der Waals surface area contributed by atoms with Gasteiger partial charge in [-0.3, -0.25) is 4.79 Å². The van der Waals surface area contributed by atoms with Crippen LogP contribution in [0, 0.1) is 5.41 Å². The van der Waals surface area contributed by atoms with Gasteiger partial charge in [-0.25, -0.2) is 4.79 Å². The Balaban J connectivity index is 4.09. The average molecular weight is 186 g/mol. The maximum atomic E-state index is 10.6. The number of aliphatic carboxylic acids is 1. The van der Waals surface area contributed by atoms with Gasteiger partial charge in [-0.05, 0) is 20.3 Å². The Hall–Kier alpha value is -1.32. The van der Waals surface area contributed by atoms with Crippen LogP contribution in [0.5, 0.6) is 0 Å². The van der Waals surface area contributed by atoms with Crippen LogP contribution in [0.25, 0.3) is 0 Å². The van der Waals surface area contributed by atoms with Crippen LogP contribution in [-0.2, 0) is 14.3 Å². The third kappa shape index (κ3) is 4.30. The molecule has 4 nitrogen and oxygen atoms in total. The number of ether oxygens (including phenoxy) is 1. The Kier molecular flexibility index (Phi) is 4.17. The summed E-state index contributed by atoms with van der Waals surface area (Å²) in [7, 11) is 1.27. The van der Waals surface area contributed by atoms with Gasteiger partial charge in [0.15, 0.2) is 0 Å². The summed E-state index contributed by atoms with van der Waals surface area (Å²) >= 11 is 0. The fourth-order valence-corrected chi connectivity index (χ4v) is 0.605. The van der Waals surface area contributed by atoms with E-state index < -0.39 is 17.4 Å². The van der Waals surface area contributed by atoms with Crippen LogP contribution in [0.3, 0.4) is 0 Å². The van der Waals surface area contributed by atoms with Crippen LogP contribution in [-0.4, -0.2) is 24.2 Å². The van der Waals surface area contributed by atoms with E-state index in [1.807, 2.05) is 0 Å². The van der Waals surface area contributed by atoms with Gasteiger partial charge in [-0.2, -0.15) is 0 Å². The quantitative estimate of drug-likeness (QED) is 0.529. The molecular formula is C9H14O4. The molecule has 4 heteroatoms. The first kappa shape index (κ1) is 11.7. The Morgan fingerprint density at radius 2 is 2.00 bits per heavy atom. The molecule has 0 aliphatic heterocycles. The van der Waals surface area contributed by atoms with Gasteiger partial charge in [-0.15, -0.1) is 0 Å². The first-order valence-corrected chi connectivity index (χ1v) is 3.88. The van der Waals surface area contributed by atoms with Crippen molar-refractivity contribution in [3.05, 3.63) is 12.2 Å². The minimum atomic E-state index is -0.887. The third-order valence-electron chi connectivity index (χ3n) is 1.66. The zero-order valence-electron chi connectivity index (χ0n) is 8.03. The van der Waals surface area contributed by atoms with Crippen LogP contribution in [0.1, 0.15) is 20.3 Å². The van der Waals surface area contributed by atoms with Crippen LogP contribution in [0.15, 0.2) is 12.2 Å². The lowest BCUT2D eigenvalue weighted by Gasteiger charge is -2.15. The number of allylic oxidation sites excluding steroid dienone is 1. The molecule has 1 N–H and O–H groups in total. The van der Waals surface area contributed by atoms with Gasteiger partial charge in [0.25, 0.3) is 0 Å².